The second-order valence-corrected chi connectivity index (χ2v) is 3.97. The Balaban J connectivity index is 1.97. The Labute approximate surface area is 113 Å². The summed E-state index contributed by atoms with van der Waals surface area (Å²) in [6, 6.07) is 10.5. The number of nitro groups is 1. The van der Waals surface area contributed by atoms with Crippen molar-refractivity contribution in [3.8, 4) is 5.75 Å². The molecular formula is C14H10FNO4. The molecule has 0 fully saturated rings. The number of hydrogen-bond acceptors (Lipinski definition) is 4. The summed E-state index contributed by atoms with van der Waals surface area (Å²) in [4.78, 5) is 21.7. The first-order valence-corrected chi connectivity index (χ1v) is 5.72. The molecule has 0 amide bonds. The normalized spacial score (nSPS) is 10.1. The Bertz CT molecular complexity index is 623. The molecule has 0 saturated heterocycles. The third kappa shape index (κ3) is 3.38. The molecule has 5 nitrogen and oxygen atoms in total. The van der Waals surface area contributed by atoms with E-state index in [0.29, 0.717) is 11.3 Å². The van der Waals surface area contributed by atoms with Crippen LogP contribution in [0.4, 0.5) is 10.1 Å². The molecule has 0 unspecified atom stereocenters. The Hall–Kier alpha value is -2.76. The molecule has 2 aromatic carbocycles. The van der Waals surface area contributed by atoms with E-state index in [1.165, 1.54) is 48.5 Å². The number of Topliss-reactive ketones (excluding diaryl/α,β-unsaturated/α-hetero) is 1. The summed E-state index contributed by atoms with van der Waals surface area (Å²) in [6.07, 6.45) is 0. The second-order valence-electron chi connectivity index (χ2n) is 3.97. The largest absolute Gasteiger partial charge is 0.485 e. The van der Waals surface area contributed by atoms with Gasteiger partial charge in [-0.25, -0.2) is 4.39 Å². The first-order valence-electron chi connectivity index (χ1n) is 5.72. The van der Waals surface area contributed by atoms with Gasteiger partial charge in [0.15, 0.2) is 12.4 Å². The number of non-ortho nitro benzene ring substituents is 1. The Morgan fingerprint density at radius 1 is 1.10 bits per heavy atom. The van der Waals surface area contributed by atoms with Gasteiger partial charge in [-0.2, -0.15) is 0 Å². The van der Waals surface area contributed by atoms with Gasteiger partial charge < -0.3 is 4.74 Å². The van der Waals surface area contributed by atoms with E-state index in [0.717, 1.165) is 0 Å². The number of ketones is 1. The first-order chi connectivity index (χ1) is 9.56. The lowest BCUT2D eigenvalue weighted by Crippen LogP contribution is -2.11. The molecular weight excluding hydrogens is 265 g/mol. The van der Waals surface area contributed by atoms with Crippen molar-refractivity contribution in [2.45, 2.75) is 0 Å². The van der Waals surface area contributed by atoms with Crippen molar-refractivity contribution in [2.24, 2.45) is 0 Å². The Kier molecular flexibility index (Phi) is 4.05. The van der Waals surface area contributed by atoms with E-state index in [4.69, 9.17) is 4.74 Å². The van der Waals surface area contributed by atoms with E-state index < -0.39 is 4.92 Å². The molecule has 0 aliphatic heterocycles. The number of carbonyl (C=O) groups excluding carboxylic acids is 1. The van der Waals surface area contributed by atoms with Crippen LogP contribution in [-0.2, 0) is 0 Å². The van der Waals surface area contributed by atoms with Crippen LogP contribution in [0.1, 0.15) is 10.4 Å². The van der Waals surface area contributed by atoms with Crippen molar-refractivity contribution in [1.82, 2.24) is 0 Å². The maximum Gasteiger partial charge on any atom is 0.269 e. The SMILES string of the molecule is O=C(COc1ccc(F)cc1)c1ccc([N+](=O)[O-])cc1. The minimum absolute atomic E-state index is 0.0824. The molecule has 6 heteroatoms. The van der Waals surface area contributed by atoms with Gasteiger partial charge in [-0.15, -0.1) is 0 Å². The summed E-state index contributed by atoms with van der Waals surface area (Å²) < 4.78 is 17.9. The minimum atomic E-state index is -0.538. The highest BCUT2D eigenvalue weighted by atomic mass is 19.1. The van der Waals surface area contributed by atoms with Crippen molar-refractivity contribution in [3.63, 3.8) is 0 Å². The maximum absolute atomic E-state index is 12.7. The zero-order chi connectivity index (χ0) is 14.5. The van der Waals surface area contributed by atoms with E-state index >= 15 is 0 Å². The summed E-state index contributed by atoms with van der Waals surface area (Å²) in [5.41, 5.74) is 0.235. The molecule has 0 aliphatic rings. The second kappa shape index (κ2) is 5.92. The highest BCUT2D eigenvalue weighted by Crippen LogP contribution is 2.14. The van der Waals surface area contributed by atoms with Gasteiger partial charge in [-0.05, 0) is 36.4 Å². The van der Waals surface area contributed by atoms with Crippen molar-refractivity contribution in [2.75, 3.05) is 6.61 Å². The molecule has 0 spiro atoms. The maximum atomic E-state index is 12.7. The minimum Gasteiger partial charge on any atom is -0.485 e. The van der Waals surface area contributed by atoms with E-state index in [1.807, 2.05) is 0 Å². The molecule has 20 heavy (non-hydrogen) atoms. The van der Waals surface area contributed by atoms with Gasteiger partial charge in [-0.1, -0.05) is 0 Å². The number of nitrogens with zero attached hydrogens (tertiary/aromatic N) is 1. The Morgan fingerprint density at radius 2 is 1.70 bits per heavy atom. The number of hydrogen-bond donors (Lipinski definition) is 0. The molecule has 0 N–H and O–H groups in total. The van der Waals surface area contributed by atoms with Crippen LogP contribution in [0, 0.1) is 15.9 Å². The van der Waals surface area contributed by atoms with Gasteiger partial charge in [-0.3, -0.25) is 14.9 Å². The van der Waals surface area contributed by atoms with Crippen LogP contribution in [0.15, 0.2) is 48.5 Å². The number of halogens is 1. The number of nitro benzene ring substituents is 1. The lowest BCUT2D eigenvalue weighted by atomic mass is 10.1. The highest BCUT2D eigenvalue weighted by molar-refractivity contribution is 5.97. The quantitative estimate of drug-likeness (QED) is 0.478. The van der Waals surface area contributed by atoms with Gasteiger partial charge in [0.1, 0.15) is 11.6 Å². The van der Waals surface area contributed by atoms with Crippen LogP contribution in [0.3, 0.4) is 0 Å². The number of carbonyl (C=O) groups is 1. The van der Waals surface area contributed by atoms with E-state index in [9.17, 15) is 19.3 Å². The third-order valence-corrected chi connectivity index (χ3v) is 2.58. The summed E-state index contributed by atoms with van der Waals surface area (Å²) in [5, 5.41) is 10.5. The molecule has 0 radical (unpaired) electrons. The van der Waals surface area contributed by atoms with Crippen molar-refractivity contribution < 1.29 is 18.8 Å². The molecule has 0 aromatic heterocycles. The molecule has 0 saturated carbocycles. The lowest BCUT2D eigenvalue weighted by molar-refractivity contribution is -0.384. The van der Waals surface area contributed by atoms with Gasteiger partial charge in [0.05, 0.1) is 4.92 Å². The molecule has 2 aromatic rings. The average molecular weight is 275 g/mol. The molecule has 0 aliphatic carbocycles. The van der Waals surface area contributed by atoms with Crippen LogP contribution in [-0.4, -0.2) is 17.3 Å². The van der Waals surface area contributed by atoms with Gasteiger partial charge in [0, 0.05) is 17.7 Å². The number of benzene rings is 2. The van der Waals surface area contributed by atoms with E-state index in [1.54, 1.807) is 0 Å². The average Bonchev–Trinajstić information content (AvgIpc) is 2.46. The molecule has 102 valence electrons. The summed E-state index contributed by atoms with van der Waals surface area (Å²) in [7, 11) is 0. The zero-order valence-electron chi connectivity index (χ0n) is 10.3. The van der Waals surface area contributed by atoms with Crippen LogP contribution < -0.4 is 4.74 Å². The predicted octanol–water partition coefficient (Wildman–Crippen LogP) is 3.00. The fraction of sp³-hybridized carbons (Fsp3) is 0.0714. The number of rotatable bonds is 5. The van der Waals surface area contributed by atoms with Crippen molar-refractivity contribution in [1.29, 1.82) is 0 Å². The van der Waals surface area contributed by atoms with E-state index in [-0.39, 0.29) is 23.9 Å². The molecule has 0 heterocycles. The standard InChI is InChI=1S/C14H10FNO4/c15-11-3-7-13(8-4-11)20-9-14(17)10-1-5-12(6-2-10)16(18)19/h1-8H,9H2. The smallest absolute Gasteiger partial charge is 0.269 e. The van der Waals surface area contributed by atoms with Gasteiger partial charge in [0.2, 0.25) is 0 Å². The highest BCUT2D eigenvalue weighted by Gasteiger charge is 2.10. The molecule has 2 rings (SSSR count). The summed E-state index contributed by atoms with van der Waals surface area (Å²) >= 11 is 0. The van der Waals surface area contributed by atoms with Crippen molar-refractivity contribution in [3.05, 3.63) is 70.0 Å². The third-order valence-electron chi connectivity index (χ3n) is 2.58. The van der Waals surface area contributed by atoms with Crippen LogP contribution in [0.5, 0.6) is 5.75 Å². The zero-order valence-corrected chi connectivity index (χ0v) is 10.3. The van der Waals surface area contributed by atoms with Crippen LogP contribution in [0.25, 0.3) is 0 Å². The molecule has 0 bridgehead atoms. The lowest BCUT2D eigenvalue weighted by Gasteiger charge is -2.05. The predicted molar refractivity (Wildman–Crippen MR) is 69.3 cm³/mol. The van der Waals surface area contributed by atoms with Gasteiger partial charge >= 0.3 is 0 Å². The van der Waals surface area contributed by atoms with Crippen LogP contribution >= 0.6 is 0 Å². The summed E-state index contributed by atoms with van der Waals surface area (Å²) in [5.74, 6) is -0.329. The van der Waals surface area contributed by atoms with Crippen LogP contribution in [0.2, 0.25) is 0 Å². The van der Waals surface area contributed by atoms with Crippen molar-refractivity contribution >= 4 is 11.5 Å². The summed E-state index contributed by atoms with van der Waals surface area (Å²) in [6.45, 7) is -0.219. The Morgan fingerprint density at radius 3 is 2.25 bits per heavy atom. The monoisotopic (exact) mass is 275 g/mol. The van der Waals surface area contributed by atoms with E-state index in [2.05, 4.69) is 0 Å². The fourth-order valence-electron chi connectivity index (χ4n) is 1.53. The van der Waals surface area contributed by atoms with Gasteiger partial charge in [0.25, 0.3) is 5.69 Å². The topological polar surface area (TPSA) is 69.4 Å². The first kappa shape index (κ1) is 13.7. The fourth-order valence-corrected chi connectivity index (χ4v) is 1.53. The number of ether oxygens (including phenoxy) is 1. The molecule has 0 atom stereocenters.